The third-order valence-electron chi connectivity index (χ3n) is 3.76. The van der Waals surface area contributed by atoms with Crippen molar-refractivity contribution in [3.63, 3.8) is 0 Å². The predicted octanol–water partition coefficient (Wildman–Crippen LogP) is 1.91. The minimum absolute atomic E-state index is 0.186. The summed E-state index contributed by atoms with van der Waals surface area (Å²) in [6.07, 6.45) is 2.30. The second kappa shape index (κ2) is 7.02. The fourth-order valence-electron chi connectivity index (χ4n) is 2.50. The molecule has 0 aromatic heterocycles. The van der Waals surface area contributed by atoms with Crippen molar-refractivity contribution >= 4 is 25.8 Å². The van der Waals surface area contributed by atoms with Gasteiger partial charge in [-0.3, -0.25) is 0 Å². The third kappa shape index (κ3) is 4.28. The van der Waals surface area contributed by atoms with Gasteiger partial charge in [0.05, 0.1) is 10.6 Å². The van der Waals surface area contributed by atoms with Crippen molar-refractivity contribution in [3.8, 4) is 0 Å². The average molecular weight is 361 g/mol. The molecule has 0 bridgehead atoms. The maximum Gasteiger partial charge on any atom is 0.179 e. The molecule has 1 aliphatic heterocycles. The molecule has 2 rings (SSSR count). The second-order valence-corrected chi connectivity index (χ2v) is 8.23. The minimum atomic E-state index is -3.18. The van der Waals surface area contributed by atoms with Crippen LogP contribution in [0.1, 0.15) is 12.8 Å². The smallest absolute Gasteiger partial charge is 0.179 e. The SMILES string of the molecule is CNC1CCCN(CCS(=O)(=O)c2ccc(Br)cc2)C1. The van der Waals surface area contributed by atoms with Gasteiger partial charge in [0.25, 0.3) is 0 Å². The van der Waals surface area contributed by atoms with Crippen LogP contribution in [0.2, 0.25) is 0 Å². The van der Waals surface area contributed by atoms with E-state index in [9.17, 15) is 8.42 Å². The maximum absolute atomic E-state index is 12.3. The van der Waals surface area contributed by atoms with Crippen molar-refractivity contribution in [2.75, 3.05) is 32.4 Å². The first kappa shape index (κ1) is 15.9. The Bertz CT molecular complexity index is 531. The summed E-state index contributed by atoms with van der Waals surface area (Å²) in [6, 6.07) is 7.34. The largest absolute Gasteiger partial charge is 0.316 e. The Morgan fingerprint density at radius 1 is 1.35 bits per heavy atom. The van der Waals surface area contributed by atoms with E-state index in [0.717, 1.165) is 24.0 Å². The first-order valence-corrected chi connectivity index (χ1v) is 9.34. The Morgan fingerprint density at radius 2 is 2.05 bits per heavy atom. The quantitative estimate of drug-likeness (QED) is 0.871. The fraction of sp³-hybridized carbons (Fsp3) is 0.571. The van der Waals surface area contributed by atoms with Gasteiger partial charge in [-0.1, -0.05) is 15.9 Å². The number of benzene rings is 1. The van der Waals surface area contributed by atoms with E-state index in [1.165, 1.54) is 6.42 Å². The van der Waals surface area contributed by atoms with Crippen LogP contribution in [0.15, 0.2) is 33.6 Å². The molecular weight excluding hydrogens is 340 g/mol. The molecule has 1 heterocycles. The lowest BCUT2D eigenvalue weighted by atomic mass is 10.1. The van der Waals surface area contributed by atoms with E-state index in [1.54, 1.807) is 24.3 Å². The fourth-order valence-corrected chi connectivity index (χ4v) is 4.05. The van der Waals surface area contributed by atoms with Crippen LogP contribution >= 0.6 is 15.9 Å². The normalized spacial score (nSPS) is 21.0. The topological polar surface area (TPSA) is 49.4 Å². The summed E-state index contributed by atoms with van der Waals surface area (Å²) < 4.78 is 25.5. The number of nitrogens with zero attached hydrogens (tertiary/aromatic N) is 1. The summed E-state index contributed by atoms with van der Waals surface area (Å²) in [6.45, 7) is 2.54. The summed E-state index contributed by atoms with van der Waals surface area (Å²) in [4.78, 5) is 2.64. The van der Waals surface area contributed by atoms with Gasteiger partial charge in [0.1, 0.15) is 0 Å². The highest BCUT2D eigenvalue weighted by molar-refractivity contribution is 9.10. The standard InChI is InChI=1S/C14H21BrN2O2S/c1-16-13-3-2-8-17(11-13)9-10-20(18,19)14-6-4-12(15)5-7-14/h4-7,13,16H,2-3,8-11H2,1H3. The van der Waals surface area contributed by atoms with E-state index in [0.29, 0.717) is 17.5 Å². The Labute approximate surface area is 129 Å². The molecule has 1 atom stereocenters. The number of likely N-dealkylation sites (tertiary alicyclic amines) is 1. The first-order chi connectivity index (χ1) is 9.51. The highest BCUT2D eigenvalue weighted by atomic mass is 79.9. The van der Waals surface area contributed by atoms with Crippen molar-refractivity contribution < 1.29 is 8.42 Å². The molecule has 112 valence electrons. The van der Waals surface area contributed by atoms with Crippen LogP contribution < -0.4 is 5.32 Å². The maximum atomic E-state index is 12.3. The molecule has 1 unspecified atom stereocenters. The second-order valence-electron chi connectivity index (χ2n) is 5.20. The van der Waals surface area contributed by atoms with E-state index < -0.39 is 9.84 Å². The summed E-state index contributed by atoms with van der Waals surface area (Å²) in [5.74, 6) is 0.186. The minimum Gasteiger partial charge on any atom is -0.316 e. The molecule has 1 fully saturated rings. The number of sulfone groups is 1. The number of hydrogen-bond donors (Lipinski definition) is 1. The van der Waals surface area contributed by atoms with Gasteiger partial charge in [-0.05, 0) is 50.7 Å². The van der Waals surface area contributed by atoms with Crippen molar-refractivity contribution in [2.24, 2.45) is 0 Å². The lowest BCUT2D eigenvalue weighted by molar-refractivity contribution is 0.205. The zero-order chi connectivity index (χ0) is 14.6. The Kier molecular flexibility index (Phi) is 5.60. The molecule has 1 aromatic rings. The first-order valence-electron chi connectivity index (χ1n) is 6.89. The lowest BCUT2D eigenvalue weighted by Crippen LogP contribution is -2.45. The monoisotopic (exact) mass is 360 g/mol. The molecule has 4 nitrogen and oxygen atoms in total. The van der Waals surface area contributed by atoms with Gasteiger partial charge in [0.2, 0.25) is 0 Å². The van der Waals surface area contributed by atoms with Gasteiger partial charge >= 0.3 is 0 Å². The molecule has 20 heavy (non-hydrogen) atoms. The van der Waals surface area contributed by atoms with E-state index in [4.69, 9.17) is 0 Å². The van der Waals surface area contributed by atoms with Crippen LogP contribution in [0.4, 0.5) is 0 Å². The molecule has 0 spiro atoms. The number of rotatable bonds is 5. The molecule has 1 saturated heterocycles. The summed E-state index contributed by atoms with van der Waals surface area (Å²) in [7, 11) is -1.22. The van der Waals surface area contributed by atoms with Crippen molar-refractivity contribution in [2.45, 2.75) is 23.8 Å². The van der Waals surface area contributed by atoms with Crippen molar-refractivity contribution in [3.05, 3.63) is 28.7 Å². The van der Waals surface area contributed by atoms with E-state index in [-0.39, 0.29) is 5.75 Å². The summed E-state index contributed by atoms with van der Waals surface area (Å²) in [5.41, 5.74) is 0. The van der Waals surface area contributed by atoms with E-state index in [2.05, 4.69) is 26.1 Å². The van der Waals surface area contributed by atoms with Crippen molar-refractivity contribution in [1.29, 1.82) is 0 Å². The van der Waals surface area contributed by atoms with E-state index in [1.807, 2.05) is 7.05 Å². The highest BCUT2D eigenvalue weighted by Crippen LogP contribution is 2.17. The Hall–Kier alpha value is -0.430. The number of likely N-dealkylation sites (N-methyl/N-ethyl adjacent to an activating group) is 1. The van der Waals surface area contributed by atoms with Gasteiger partial charge in [-0.2, -0.15) is 0 Å². The summed E-state index contributed by atoms with van der Waals surface area (Å²) in [5, 5.41) is 3.27. The summed E-state index contributed by atoms with van der Waals surface area (Å²) >= 11 is 3.32. The van der Waals surface area contributed by atoms with Crippen LogP contribution in [0.5, 0.6) is 0 Å². The van der Waals surface area contributed by atoms with Crippen LogP contribution in [-0.2, 0) is 9.84 Å². The van der Waals surface area contributed by atoms with Crippen LogP contribution in [0, 0.1) is 0 Å². The van der Waals surface area contributed by atoms with Crippen LogP contribution in [0.25, 0.3) is 0 Å². The van der Waals surface area contributed by atoms with E-state index >= 15 is 0 Å². The molecule has 0 amide bonds. The number of nitrogens with one attached hydrogen (secondary N) is 1. The molecule has 0 aliphatic carbocycles. The zero-order valence-corrected chi connectivity index (χ0v) is 14.1. The molecule has 1 aromatic carbocycles. The van der Waals surface area contributed by atoms with Crippen LogP contribution in [-0.4, -0.2) is 51.8 Å². The number of halogens is 1. The Morgan fingerprint density at radius 3 is 2.70 bits per heavy atom. The van der Waals surface area contributed by atoms with Gasteiger partial charge in [-0.25, -0.2) is 8.42 Å². The molecule has 6 heteroatoms. The van der Waals surface area contributed by atoms with Gasteiger partial charge in [-0.15, -0.1) is 0 Å². The molecule has 1 N–H and O–H groups in total. The lowest BCUT2D eigenvalue weighted by Gasteiger charge is -2.32. The Balaban J connectivity index is 1.94. The average Bonchev–Trinajstić information content (AvgIpc) is 2.46. The van der Waals surface area contributed by atoms with Gasteiger partial charge < -0.3 is 10.2 Å². The molecule has 0 saturated carbocycles. The number of piperidine rings is 1. The number of hydrogen-bond acceptors (Lipinski definition) is 4. The molecule has 1 aliphatic rings. The van der Waals surface area contributed by atoms with Gasteiger partial charge in [0, 0.05) is 23.6 Å². The predicted molar refractivity (Wildman–Crippen MR) is 84.7 cm³/mol. The van der Waals surface area contributed by atoms with Crippen LogP contribution in [0.3, 0.4) is 0 Å². The third-order valence-corrected chi connectivity index (χ3v) is 6.00. The highest BCUT2D eigenvalue weighted by Gasteiger charge is 2.21. The van der Waals surface area contributed by atoms with Crippen molar-refractivity contribution in [1.82, 2.24) is 10.2 Å². The van der Waals surface area contributed by atoms with Gasteiger partial charge in [0.15, 0.2) is 9.84 Å². The molecule has 0 radical (unpaired) electrons. The molecular formula is C14H21BrN2O2S. The zero-order valence-electron chi connectivity index (χ0n) is 11.7.